The third kappa shape index (κ3) is 5.21. The Morgan fingerprint density at radius 1 is 1.14 bits per heavy atom. The molecule has 0 bridgehead atoms. The highest BCUT2D eigenvalue weighted by atomic mass is 19.4. The summed E-state index contributed by atoms with van der Waals surface area (Å²) in [5.74, 6) is 0.201. The minimum Gasteiger partial charge on any atom is -0.493 e. The zero-order chi connectivity index (χ0) is 15.9. The summed E-state index contributed by atoms with van der Waals surface area (Å²) in [5, 5.41) is 0. The largest absolute Gasteiger partial charge is 0.493 e. The van der Waals surface area contributed by atoms with Gasteiger partial charge in [-0.1, -0.05) is 6.07 Å². The van der Waals surface area contributed by atoms with E-state index in [0.717, 1.165) is 11.6 Å². The molecule has 3 nitrogen and oxygen atoms in total. The number of aryl methyl sites for hydroxylation is 1. The molecule has 118 valence electrons. The number of ether oxygens (including phenoxy) is 3. The van der Waals surface area contributed by atoms with Crippen molar-refractivity contribution in [2.24, 2.45) is 0 Å². The van der Waals surface area contributed by atoms with Gasteiger partial charge in [0.15, 0.2) is 17.3 Å². The Balaban J connectivity index is 2.74. The maximum Gasteiger partial charge on any atom is 0.448 e. The van der Waals surface area contributed by atoms with Crippen molar-refractivity contribution >= 4 is 0 Å². The van der Waals surface area contributed by atoms with Crippen molar-refractivity contribution in [1.29, 1.82) is 0 Å². The molecule has 0 radical (unpaired) electrons. The van der Waals surface area contributed by atoms with Crippen LogP contribution in [0.4, 0.5) is 13.2 Å². The zero-order valence-electron chi connectivity index (χ0n) is 12.3. The van der Waals surface area contributed by atoms with Crippen molar-refractivity contribution in [3.63, 3.8) is 0 Å². The van der Waals surface area contributed by atoms with Crippen LogP contribution in [-0.2, 0) is 11.2 Å². The number of allylic oxidation sites excluding steroid dienone is 2. The van der Waals surface area contributed by atoms with Gasteiger partial charge in [-0.3, -0.25) is 0 Å². The van der Waals surface area contributed by atoms with Crippen molar-refractivity contribution < 1.29 is 27.4 Å². The van der Waals surface area contributed by atoms with Crippen LogP contribution in [0.5, 0.6) is 11.5 Å². The zero-order valence-corrected chi connectivity index (χ0v) is 12.3. The molecular weight excluding hydrogens is 285 g/mol. The van der Waals surface area contributed by atoms with Crippen LogP contribution < -0.4 is 9.47 Å². The predicted octanol–water partition coefficient (Wildman–Crippen LogP) is 4.12. The Kier molecular flexibility index (Phi) is 6.39. The monoisotopic (exact) mass is 304 g/mol. The summed E-state index contributed by atoms with van der Waals surface area (Å²) in [4.78, 5) is 0. The molecule has 0 fully saturated rings. The molecule has 1 aromatic carbocycles. The van der Waals surface area contributed by atoms with E-state index in [1.807, 2.05) is 0 Å². The second kappa shape index (κ2) is 7.81. The number of benzene rings is 1. The minimum absolute atomic E-state index is 0.0122. The number of rotatable bonds is 7. The average Bonchev–Trinajstić information content (AvgIpc) is 2.45. The van der Waals surface area contributed by atoms with E-state index >= 15 is 0 Å². The quantitative estimate of drug-likeness (QED) is 0.709. The Bertz CT molecular complexity index is 482. The fourth-order valence-corrected chi connectivity index (χ4v) is 1.82. The van der Waals surface area contributed by atoms with Gasteiger partial charge >= 0.3 is 6.18 Å². The van der Waals surface area contributed by atoms with Crippen LogP contribution in [0, 0.1) is 0 Å². The van der Waals surface area contributed by atoms with Crippen molar-refractivity contribution in [2.45, 2.75) is 25.9 Å². The molecule has 6 heteroatoms. The van der Waals surface area contributed by atoms with E-state index in [9.17, 15) is 13.2 Å². The fraction of sp³-hybridized carbons (Fsp3) is 0.467. The van der Waals surface area contributed by atoms with Crippen LogP contribution in [0.3, 0.4) is 0 Å². The molecule has 0 heterocycles. The lowest BCUT2D eigenvalue weighted by atomic mass is 10.1. The van der Waals surface area contributed by atoms with Gasteiger partial charge in [0, 0.05) is 0 Å². The Hall–Kier alpha value is -1.85. The highest BCUT2D eigenvalue weighted by Gasteiger charge is 2.35. The summed E-state index contributed by atoms with van der Waals surface area (Å²) in [6.07, 6.45) is -2.70. The standard InChI is InChI=1S/C15H19F3O3/c1-4-21-14(15(16,17)18)7-5-6-11-8-9-12(19-2)13(10-11)20-3/h7-10H,4-6H2,1-3H3/b14-7-. The van der Waals surface area contributed by atoms with Gasteiger partial charge in [0.05, 0.1) is 20.8 Å². The molecule has 0 aromatic heterocycles. The van der Waals surface area contributed by atoms with Gasteiger partial charge in [0.2, 0.25) is 0 Å². The van der Waals surface area contributed by atoms with Crippen molar-refractivity contribution in [1.82, 2.24) is 0 Å². The molecule has 0 aliphatic rings. The summed E-state index contributed by atoms with van der Waals surface area (Å²) >= 11 is 0. The summed E-state index contributed by atoms with van der Waals surface area (Å²) < 4.78 is 52.7. The fourth-order valence-electron chi connectivity index (χ4n) is 1.82. The van der Waals surface area contributed by atoms with Crippen LogP contribution in [0.25, 0.3) is 0 Å². The molecule has 21 heavy (non-hydrogen) atoms. The first-order valence-corrected chi connectivity index (χ1v) is 6.53. The van der Waals surface area contributed by atoms with Gasteiger partial charge in [-0.05, 0) is 43.5 Å². The van der Waals surface area contributed by atoms with E-state index in [1.165, 1.54) is 21.1 Å². The van der Waals surface area contributed by atoms with Gasteiger partial charge < -0.3 is 14.2 Å². The van der Waals surface area contributed by atoms with Crippen LogP contribution in [0.15, 0.2) is 30.0 Å². The van der Waals surface area contributed by atoms with Gasteiger partial charge in [0.25, 0.3) is 0 Å². The molecule has 1 rings (SSSR count). The van der Waals surface area contributed by atoms with Crippen LogP contribution in [0.2, 0.25) is 0 Å². The van der Waals surface area contributed by atoms with Crippen molar-refractivity contribution in [3.05, 3.63) is 35.6 Å². The average molecular weight is 304 g/mol. The topological polar surface area (TPSA) is 27.7 Å². The molecule has 0 amide bonds. The molecule has 0 atom stereocenters. The van der Waals surface area contributed by atoms with E-state index in [0.29, 0.717) is 17.9 Å². The molecule has 0 saturated heterocycles. The van der Waals surface area contributed by atoms with E-state index in [-0.39, 0.29) is 13.0 Å². The Labute approximate surface area is 122 Å². The lowest BCUT2D eigenvalue weighted by Crippen LogP contribution is -2.14. The Morgan fingerprint density at radius 2 is 1.81 bits per heavy atom. The molecule has 0 unspecified atom stereocenters. The second-order valence-electron chi connectivity index (χ2n) is 4.23. The first-order valence-electron chi connectivity index (χ1n) is 6.53. The van der Waals surface area contributed by atoms with Crippen LogP contribution in [-0.4, -0.2) is 27.0 Å². The molecular formula is C15H19F3O3. The predicted molar refractivity (Wildman–Crippen MR) is 73.6 cm³/mol. The normalized spacial score (nSPS) is 12.2. The summed E-state index contributed by atoms with van der Waals surface area (Å²) in [5.41, 5.74) is 0.863. The van der Waals surface area contributed by atoms with E-state index in [4.69, 9.17) is 9.47 Å². The molecule has 0 aliphatic heterocycles. The van der Waals surface area contributed by atoms with Crippen molar-refractivity contribution in [2.75, 3.05) is 20.8 Å². The Morgan fingerprint density at radius 3 is 2.33 bits per heavy atom. The second-order valence-corrected chi connectivity index (χ2v) is 4.23. The molecule has 0 N–H and O–H groups in total. The lowest BCUT2D eigenvalue weighted by Gasteiger charge is -2.12. The van der Waals surface area contributed by atoms with Gasteiger partial charge in [-0.15, -0.1) is 0 Å². The number of methoxy groups -OCH3 is 2. The molecule has 0 spiro atoms. The molecule has 1 aromatic rings. The first-order chi connectivity index (χ1) is 9.92. The minimum atomic E-state index is -4.45. The summed E-state index contributed by atoms with van der Waals surface area (Å²) in [7, 11) is 3.04. The van der Waals surface area contributed by atoms with Gasteiger partial charge in [-0.25, -0.2) is 0 Å². The lowest BCUT2D eigenvalue weighted by molar-refractivity contribution is -0.130. The molecule has 0 saturated carbocycles. The van der Waals surface area contributed by atoms with E-state index < -0.39 is 11.9 Å². The highest BCUT2D eigenvalue weighted by molar-refractivity contribution is 5.42. The highest BCUT2D eigenvalue weighted by Crippen LogP contribution is 2.29. The maximum atomic E-state index is 12.6. The van der Waals surface area contributed by atoms with Gasteiger partial charge in [0.1, 0.15) is 0 Å². The SMILES string of the molecule is CCO/C(=C\CCc1ccc(OC)c(OC)c1)C(F)(F)F. The number of alkyl halides is 3. The summed E-state index contributed by atoms with van der Waals surface area (Å²) in [6, 6.07) is 5.27. The third-order valence-corrected chi connectivity index (χ3v) is 2.79. The smallest absolute Gasteiger partial charge is 0.448 e. The van der Waals surface area contributed by atoms with Gasteiger partial charge in [-0.2, -0.15) is 13.2 Å². The molecule has 0 aliphatic carbocycles. The number of hydrogen-bond acceptors (Lipinski definition) is 3. The summed E-state index contributed by atoms with van der Waals surface area (Å²) in [6.45, 7) is 1.51. The third-order valence-electron chi connectivity index (χ3n) is 2.79. The van der Waals surface area contributed by atoms with Crippen molar-refractivity contribution in [3.8, 4) is 11.5 Å². The first kappa shape index (κ1) is 17.2. The maximum absolute atomic E-state index is 12.6. The van der Waals surface area contributed by atoms with Crippen LogP contribution in [0.1, 0.15) is 18.9 Å². The van der Waals surface area contributed by atoms with E-state index in [2.05, 4.69) is 4.74 Å². The number of hydrogen-bond donors (Lipinski definition) is 0. The van der Waals surface area contributed by atoms with E-state index in [1.54, 1.807) is 18.2 Å². The van der Waals surface area contributed by atoms with Crippen LogP contribution >= 0.6 is 0 Å². The number of halogens is 3.